The van der Waals surface area contributed by atoms with Gasteiger partial charge in [0.15, 0.2) is 11.5 Å². The number of ether oxygens (including phenoxy) is 3. The summed E-state index contributed by atoms with van der Waals surface area (Å²) in [6.45, 7) is 7.53. The summed E-state index contributed by atoms with van der Waals surface area (Å²) in [5.74, 6) is 1.45. The molecule has 118 valence electrons. The quantitative estimate of drug-likeness (QED) is 0.798. The first-order valence-electron chi connectivity index (χ1n) is 7.65. The highest BCUT2D eigenvalue weighted by Gasteiger charge is 2.15. The Morgan fingerprint density at radius 2 is 1.95 bits per heavy atom. The lowest BCUT2D eigenvalue weighted by Crippen LogP contribution is -2.25. The third kappa shape index (κ3) is 4.77. The number of halogens is 1. The first kappa shape index (κ1) is 16.4. The summed E-state index contributed by atoms with van der Waals surface area (Å²) < 4.78 is 16.8. The molecule has 0 radical (unpaired) electrons. The maximum absolute atomic E-state index is 6.33. The van der Waals surface area contributed by atoms with E-state index in [2.05, 4.69) is 5.32 Å². The lowest BCUT2D eigenvalue weighted by molar-refractivity contribution is 0.110. The Bertz CT molecular complexity index is 447. The van der Waals surface area contributed by atoms with Crippen LogP contribution in [0.3, 0.4) is 0 Å². The van der Waals surface area contributed by atoms with Crippen LogP contribution in [0.2, 0.25) is 5.02 Å². The van der Waals surface area contributed by atoms with Gasteiger partial charge < -0.3 is 19.5 Å². The highest BCUT2D eigenvalue weighted by molar-refractivity contribution is 6.31. The molecule has 0 aliphatic carbocycles. The second-order valence-electron chi connectivity index (χ2n) is 5.02. The fraction of sp³-hybridized carbons (Fsp3) is 0.625. The minimum atomic E-state index is 0.331. The van der Waals surface area contributed by atoms with Crippen molar-refractivity contribution in [2.45, 2.75) is 39.3 Å². The molecule has 1 aliphatic heterocycles. The molecule has 1 saturated heterocycles. The van der Waals surface area contributed by atoms with Gasteiger partial charge in [0.2, 0.25) is 0 Å². The topological polar surface area (TPSA) is 39.7 Å². The van der Waals surface area contributed by atoms with E-state index in [9.17, 15) is 0 Å². The van der Waals surface area contributed by atoms with Gasteiger partial charge in [0.25, 0.3) is 0 Å². The van der Waals surface area contributed by atoms with Gasteiger partial charge in [-0.05, 0) is 38.3 Å². The standard InChI is InChI=1S/C16H24ClNO3/c1-3-19-15-8-12(14(17)9-16(15)20-4-2)10-18-11-13-6-5-7-21-13/h8-9,13,18H,3-7,10-11H2,1-2H3. The summed E-state index contributed by atoms with van der Waals surface area (Å²) in [5.41, 5.74) is 1.02. The normalized spacial score (nSPS) is 18.0. The largest absolute Gasteiger partial charge is 0.490 e. The highest BCUT2D eigenvalue weighted by Crippen LogP contribution is 2.33. The molecule has 1 N–H and O–H groups in total. The number of benzene rings is 1. The zero-order valence-electron chi connectivity index (χ0n) is 12.8. The average molecular weight is 314 g/mol. The van der Waals surface area contributed by atoms with Crippen molar-refractivity contribution in [3.8, 4) is 11.5 Å². The summed E-state index contributed by atoms with van der Waals surface area (Å²) >= 11 is 6.33. The zero-order chi connectivity index (χ0) is 15.1. The summed E-state index contributed by atoms with van der Waals surface area (Å²) in [4.78, 5) is 0. The van der Waals surface area contributed by atoms with Crippen molar-refractivity contribution in [3.63, 3.8) is 0 Å². The SMILES string of the molecule is CCOc1cc(Cl)c(CNCC2CCCO2)cc1OCC. The minimum absolute atomic E-state index is 0.331. The lowest BCUT2D eigenvalue weighted by Gasteiger charge is -2.15. The monoisotopic (exact) mass is 313 g/mol. The molecule has 5 heteroatoms. The van der Waals surface area contributed by atoms with Gasteiger partial charge in [0, 0.05) is 30.8 Å². The number of hydrogen-bond donors (Lipinski definition) is 1. The van der Waals surface area contributed by atoms with Crippen LogP contribution in [0.25, 0.3) is 0 Å². The molecule has 0 amide bonds. The van der Waals surface area contributed by atoms with Gasteiger partial charge in [-0.3, -0.25) is 0 Å². The van der Waals surface area contributed by atoms with Crippen molar-refractivity contribution in [3.05, 3.63) is 22.7 Å². The molecular formula is C16H24ClNO3. The van der Waals surface area contributed by atoms with Gasteiger partial charge in [-0.15, -0.1) is 0 Å². The molecule has 1 fully saturated rings. The Kier molecular flexibility index (Phi) is 6.61. The van der Waals surface area contributed by atoms with Gasteiger partial charge in [0.1, 0.15) is 0 Å². The van der Waals surface area contributed by atoms with E-state index in [4.69, 9.17) is 25.8 Å². The second kappa shape index (κ2) is 8.47. The Balaban J connectivity index is 1.98. The molecule has 1 aliphatic rings. The number of hydrogen-bond acceptors (Lipinski definition) is 4. The van der Waals surface area contributed by atoms with Crippen molar-refractivity contribution < 1.29 is 14.2 Å². The molecule has 4 nitrogen and oxygen atoms in total. The van der Waals surface area contributed by atoms with E-state index in [1.807, 2.05) is 26.0 Å². The van der Waals surface area contributed by atoms with Gasteiger partial charge in [-0.2, -0.15) is 0 Å². The van der Waals surface area contributed by atoms with Crippen LogP contribution in [0.4, 0.5) is 0 Å². The van der Waals surface area contributed by atoms with Crippen molar-refractivity contribution in [1.29, 1.82) is 0 Å². The van der Waals surface area contributed by atoms with Crippen LogP contribution in [-0.4, -0.2) is 32.5 Å². The minimum Gasteiger partial charge on any atom is -0.490 e. The van der Waals surface area contributed by atoms with E-state index in [0.29, 0.717) is 36.6 Å². The predicted molar refractivity (Wildman–Crippen MR) is 84.5 cm³/mol. The summed E-state index contributed by atoms with van der Waals surface area (Å²) in [5, 5.41) is 4.10. The smallest absolute Gasteiger partial charge is 0.162 e. The van der Waals surface area contributed by atoms with Crippen molar-refractivity contribution in [2.75, 3.05) is 26.4 Å². The average Bonchev–Trinajstić information content (AvgIpc) is 2.97. The van der Waals surface area contributed by atoms with Gasteiger partial charge >= 0.3 is 0 Å². The van der Waals surface area contributed by atoms with Crippen LogP contribution in [0.1, 0.15) is 32.3 Å². The lowest BCUT2D eigenvalue weighted by atomic mass is 10.2. The molecule has 1 aromatic carbocycles. The maximum Gasteiger partial charge on any atom is 0.162 e. The number of rotatable bonds is 8. The van der Waals surface area contributed by atoms with E-state index in [1.165, 1.54) is 0 Å². The Morgan fingerprint density at radius 1 is 1.24 bits per heavy atom. The third-order valence-electron chi connectivity index (χ3n) is 3.42. The summed E-state index contributed by atoms with van der Waals surface area (Å²) in [6, 6.07) is 3.79. The van der Waals surface area contributed by atoms with Crippen LogP contribution in [0.5, 0.6) is 11.5 Å². The van der Waals surface area contributed by atoms with E-state index < -0.39 is 0 Å². The van der Waals surface area contributed by atoms with Crippen molar-refractivity contribution in [2.24, 2.45) is 0 Å². The van der Waals surface area contributed by atoms with Gasteiger partial charge in [-0.25, -0.2) is 0 Å². The van der Waals surface area contributed by atoms with Crippen molar-refractivity contribution >= 4 is 11.6 Å². The van der Waals surface area contributed by atoms with Crippen LogP contribution < -0.4 is 14.8 Å². The second-order valence-corrected chi connectivity index (χ2v) is 5.43. The fourth-order valence-corrected chi connectivity index (χ4v) is 2.64. The van der Waals surface area contributed by atoms with Crippen LogP contribution in [0.15, 0.2) is 12.1 Å². The van der Waals surface area contributed by atoms with Gasteiger partial charge in [0.05, 0.1) is 19.3 Å². The molecule has 21 heavy (non-hydrogen) atoms. The molecule has 1 heterocycles. The first-order valence-corrected chi connectivity index (χ1v) is 8.02. The molecule has 2 rings (SSSR count). The Labute approximate surface area is 131 Å². The number of nitrogens with one attached hydrogen (secondary N) is 1. The van der Waals surface area contributed by atoms with Crippen molar-refractivity contribution in [1.82, 2.24) is 5.32 Å². The predicted octanol–water partition coefficient (Wildman–Crippen LogP) is 3.41. The Hall–Kier alpha value is -0.970. The van der Waals surface area contributed by atoms with Crippen LogP contribution in [0, 0.1) is 0 Å². The molecule has 0 bridgehead atoms. The molecule has 0 saturated carbocycles. The maximum atomic E-state index is 6.33. The molecule has 1 unspecified atom stereocenters. The zero-order valence-corrected chi connectivity index (χ0v) is 13.5. The van der Waals surface area contributed by atoms with Crippen LogP contribution >= 0.6 is 11.6 Å². The molecule has 1 atom stereocenters. The molecule has 0 spiro atoms. The molecular weight excluding hydrogens is 290 g/mol. The van der Waals surface area contributed by atoms with E-state index >= 15 is 0 Å². The van der Waals surface area contributed by atoms with E-state index in [0.717, 1.165) is 37.3 Å². The summed E-state index contributed by atoms with van der Waals surface area (Å²) in [7, 11) is 0. The van der Waals surface area contributed by atoms with E-state index in [-0.39, 0.29) is 0 Å². The van der Waals surface area contributed by atoms with Crippen LogP contribution in [-0.2, 0) is 11.3 Å². The molecule has 0 aromatic heterocycles. The Morgan fingerprint density at radius 3 is 2.57 bits per heavy atom. The summed E-state index contributed by atoms with van der Waals surface area (Å²) in [6.07, 6.45) is 2.62. The first-order chi connectivity index (χ1) is 10.2. The highest BCUT2D eigenvalue weighted by atomic mass is 35.5. The van der Waals surface area contributed by atoms with E-state index in [1.54, 1.807) is 0 Å². The third-order valence-corrected chi connectivity index (χ3v) is 3.78. The fourth-order valence-electron chi connectivity index (χ4n) is 2.42. The van der Waals surface area contributed by atoms with Gasteiger partial charge in [-0.1, -0.05) is 11.6 Å². The molecule has 1 aromatic rings.